The average molecular weight is 397 g/mol. The summed E-state index contributed by atoms with van der Waals surface area (Å²) in [6, 6.07) is 2.97. The first-order valence-corrected chi connectivity index (χ1v) is 8.96. The average Bonchev–Trinajstić information content (AvgIpc) is 3.33. The highest BCUT2D eigenvalue weighted by atomic mass is 35.5. The van der Waals surface area contributed by atoms with Crippen LogP contribution in [-0.2, 0) is 9.59 Å². The zero-order valence-electron chi connectivity index (χ0n) is 14.9. The fourth-order valence-electron chi connectivity index (χ4n) is 3.71. The van der Waals surface area contributed by atoms with Gasteiger partial charge < -0.3 is 25.2 Å². The lowest BCUT2D eigenvalue weighted by Gasteiger charge is -2.32. The number of nitrogens with zero attached hydrogens (tertiary/aromatic N) is 1. The highest BCUT2D eigenvalue weighted by Gasteiger charge is 2.59. The summed E-state index contributed by atoms with van der Waals surface area (Å²) in [5.74, 6) is -1.53. The highest BCUT2D eigenvalue weighted by molar-refractivity contribution is 6.32. The number of benzene rings is 1. The SMILES string of the molecule is COc1cc(C(=O)N2CCC3(CC2)CC3C(=O)O)cc(Cl)c1OCC(N)=O. The van der Waals surface area contributed by atoms with E-state index in [0.29, 0.717) is 37.9 Å². The number of methoxy groups -OCH3 is 1. The summed E-state index contributed by atoms with van der Waals surface area (Å²) < 4.78 is 10.5. The van der Waals surface area contributed by atoms with E-state index < -0.39 is 11.9 Å². The van der Waals surface area contributed by atoms with Gasteiger partial charge in [0.2, 0.25) is 0 Å². The molecule has 1 unspecified atom stereocenters. The molecule has 3 rings (SSSR count). The van der Waals surface area contributed by atoms with Crippen molar-refractivity contribution in [2.75, 3.05) is 26.8 Å². The molecule has 2 aliphatic rings. The molecule has 1 saturated carbocycles. The fraction of sp³-hybridized carbons (Fsp3) is 0.500. The molecule has 0 radical (unpaired) electrons. The lowest BCUT2D eigenvalue weighted by atomic mass is 9.90. The number of nitrogens with two attached hydrogens (primary N) is 1. The number of carbonyl (C=O) groups is 3. The number of halogens is 1. The molecule has 3 N–H and O–H groups in total. The summed E-state index contributed by atoms with van der Waals surface area (Å²) in [7, 11) is 1.40. The van der Waals surface area contributed by atoms with E-state index in [9.17, 15) is 14.4 Å². The summed E-state index contributed by atoms with van der Waals surface area (Å²) in [5.41, 5.74) is 5.26. The number of carbonyl (C=O) groups excluding carboxylic acids is 2. The van der Waals surface area contributed by atoms with Gasteiger partial charge in [0.05, 0.1) is 18.1 Å². The Bertz CT molecular complexity index is 788. The first kappa shape index (κ1) is 19.3. The number of amides is 2. The summed E-state index contributed by atoms with van der Waals surface area (Å²) in [6.45, 7) is 0.646. The molecular formula is C18H21ClN2O6. The molecule has 1 aliphatic heterocycles. The molecular weight excluding hydrogens is 376 g/mol. The van der Waals surface area contributed by atoms with Crippen LogP contribution < -0.4 is 15.2 Å². The second-order valence-electron chi connectivity index (χ2n) is 6.99. The Morgan fingerprint density at radius 1 is 1.33 bits per heavy atom. The molecule has 1 spiro atoms. The Labute approximate surface area is 161 Å². The van der Waals surface area contributed by atoms with Gasteiger partial charge in [-0.05, 0) is 36.8 Å². The molecule has 1 heterocycles. The maximum Gasteiger partial charge on any atom is 0.307 e. The highest BCUT2D eigenvalue weighted by Crippen LogP contribution is 2.59. The Morgan fingerprint density at radius 3 is 2.52 bits per heavy atom. The number of ether oxygens (including phenoxy) is 2. The minimum absolute atomic E-state index is 0.139. The van der Waals surface area contributed by atoms with Gasteiger partial charge in [-0.1, -0.05) is 11.6 Å². The first-order chi connectivity index (χ1) is 12.8. The lowest BCUT2D eigenvalue weighted by molar-refractivity contribution is -0.139. The van der Waals surface area contributed by atoms with Crippen molar-refractivity contribution in [1.82, 2.24) is 4.90 Å². The number of carboxylic acids is 1. The van der Waals surface area contributed by atoms with Crippen LogP contribution in [0.5, 0.6) is 11.5 Å². The van der Waals surface area contributed by atoms with Gasteiger partial charge in [-0.25, -0.2) is 0 Å². The second kappa shape index (κ2) is 7.26. The maximum atomic E-state index is 12.8. The molecule has 0 aromatic heterocycles. The van der Waals surface area contributed by atoms with Crippen LogP contribution in [-0.4, -0.2) is 54.6 Å². The lowest BCUT2D eigenvalue weighted by Crippen LogP contribution is -2.40. The van der Waals surface area contributed by atoms with Crippen molar-refractivity contribution >= 4 is 29.4 Å². The van der Waals surface area contributed by atoms with E-state index in [1.54, 1.807) is 4.90 Å². The van der Waals surface area contributed by atoms with Crippen molar-refractivity contribution in [3.8, 4) is 11.5 Å². The third kappa shape index (κ3) is 3.80. The summed E-state index contributed by atoms with van der Waals surface area (Å²) in [5, 5.41) is 9.31. The second-order valence-corrected chi connectivity index (χ2v) is 7.40. The molecule has 9 heteroatoms. The summed E-state index contributed by atoms with van der Waals surface area (Å²) >= 11 is 6.20. The van der Waals surface area contributed by atoms with Crippen molar-refractivity contribution in [3.63, 3.8) is 0 Å². The van der Waals surface area contributed by atoms with E-state index in [2.05, 4.69) is 0 Å². The summed E-state index contributed by atoms with van der Waals surface area (Å²) in [4.78, 5) is 36.6. The number of aliphatic carboxylic acids is 1. The van der Waals surface area contributed by atoms with Crippen molar-refractivity contribution in [2.45, 2.75) is 19.3 Å². The molecule has 1 aromatic carbocycles. The Hall–Kier alpha value is -2.48. The predicted octanol–water partition coefficient (Wildman–Crippen LogP) is 1.54. The fourth-order valence-corrected chi connectivity index (χ4v) is 3.98. The van der Waals surface area contributed by atoms with Gasteiger partial charge in [-0.2, -0.15) is 0 Å². The Morgan fingerprint density at radius 2 is 2.00 bits per heavy atom. The van der Waals surface area contributed by atoms with Gasteiger partial charge in [0, 0.05) is 18.7 Å². The van der Waals surface area contributed by atoms with Crippen LogP contribution in [0.1, 0.15) is 29.6 Å². The summed E-state index contributed by atoms with van der Waals surface area (Å²) in [6.07, 6.45) is 2.05. The van der Waals surface area contributed by atoms with Crippen LogP contribution >= 0.6 is 11.6 Å². The van der Waals surface area contributed by atoms with E-state index in [1.807, 2.05) is 0 Å². The molecule has 2 amide bonds. The normalized spacial score (nSPS) is 20.2. The Kier molecular flexibility index (Phi) is 5.19. The van der Waals surface area contributed by atoms with Gasteiger partial charge >= 0.3 is 5.97 Å². The third-order valence-electron chi connectivity index (χ3n) is 5.37. The van der Waals surface area contributed by atoms with Crippen molar-refractivity contribution < 1.29 is 29.0 Å². The number of likely N-dealkylation sites (tertiary alicyclic amines) is 1. The van der Waals surface area contributed by atoms with Crippen LogP contribution in [0.25, 0.3) is 0 Å². The number of piperidine rings is 1. The number of hydrogen-bond donors (Lipinski definition) is 2. The quantitative estimate of drug-likeness (QED) is 0.752. The molecule has 8 nitrogen and oxygen atoms in total. The van der Waals surface area contributed by atoms with Crippen molar-refractivity contribution in [2.24, 2.45) is 17.1 Å². The van der Waals surface area contributed by atoms with Crippen molar-refractivity contribution in [1.29, 1.82) is 0 Å². The van der Waals surface area contributed by atoms with E-state index in [4.69, 9.17) is 31.9 Å². The number of hydrogen-bond acceptors (Lipinski definition) is 5. The van der Waals surface area contributed by atoms with Crippen LogP contribution in [0, 0.1) is 11.3 Å². The Balaban J connectivity index is 1.71. The molecule has 1 aliphatic carbocycles. The first-order valence-electron chi connectivity index (χ1n) is 8.58. The number of carboxylic acid groups (broad SMARTS) is 1. The largest absolute Gasteiger partial charge is 0.493 e. The van der Waals surface area contributed by atoms with E-state index >= 15 is 0 Å². The van der Waals surface area contributed by atoms with E-state index in [-0.39, 0.29) is 40.4 Å². The van der Waals surface area contributed by atoms with Crippen molar-refractivity contribution in [3.05, 3.63) is 22.7 Å². The van der Waals surface area contributed by atoms with Crippen LogP contribution in [0.15, 0.2) is 12.1 Å². The van der Waals surface area contributed by atoms with E-state index in [1.165, 1.54) is 19.2 Å². The smallest absolute Gasteiger partial charge is 0.307 e. The molecule has 146 valence electrons. The van der Waals surface area contributed by atoms with Gasteiger partial charge in [0.15, 0.2) is 18.1 Å². The van der Waals surface area contributed by atoms with Gasteiger partial charge in [0.25, 0.3) is 11.8 Å². The maximum absolute atomic E-state index is 12.8. The molecule has 1 saturated heterocycles. The number of primary amides is 1. The van der Waals surface area contributed by atoms with Gasteiger partial charge in [-0.3, -0.25) is 14.4 Å². The number of rotatable bonds is 6. The molecule has 1 atom stereocenters. The zero-order valence-corrected chi connectivity index (χ0v) is 15.6. The molecule has 27 heavy (non-hydrogen) atoms. The predicted molar refractivity (Wildman–Crippen MR) is 96.0 cm³/mol. The minimum atomic E-state index is -0.752. The monoisotopic (exact) mass is 396 g/mol. The van der Waals surface area contributed by atoms with E-state index in [0.717, 1.165) is 0 Å². The van der Waals surface area contributed by atoms with Gasteiger partial charge in [0.1, 0.15) is 0 Å². The molecule has 1 aromatic rings. The van der Waals surface area contributed by atoms with Gasteiger partial charge in [-0.15, -0.1) is 0 Å². The zero-order chi connectivity index (χ0) is 19.8. The van der Waals surface area contributed by atoms with Crippen LogP contribution in [0.4, 0.5) is 0 Å². The molecule has 2 fully saturated rings. The minimum Gasteiger partial charge on any atom is -0.493 e. The van der Waals surface area contributed by atoms with Crippen LogP contribution in [0.2, 0.25) is 5.02 Å². The topological polar surface area (TPSA) is 119 Å². The standard InChI is InChI=1S/C18H21ClN2O6/c1-26-13-7-10(6-12(19)15(13)27-9-14(20)22)16(23)21-4-2-18(3-5-21)8-11(18)17(24)25/h6-7,11H,2-5,8-9H2,1H3,(H2,20,22)(H,24,25). The third-order valence-corrected chi connectivity index (χ3v) is 5.65. The van der Waals surface area contributed by atoms with Crippen LogP contribution in [0.3, 0.4) is 0 Å². The molecule has 0 bridgehead atoms.